The first-order valence-electron chi connectivity index (χ1n) is 13.6. The molecule has 3 atom stereocenters. The molecular weight excluding hydrogens is 544 g/mol. The van der Waals surface area contributed by atoms with Crippen LogP contribution < -0.4 is 15.5 Å². The molecule has 4 N–H and O–H groups in total. The second kappa shape index (κ2) is 15.6. The molecule has 1 heterocycles. The molecule has 10 heteroatoms. The Morgan fingerprint density at radius 1 is 0.927 bits per heavy atom. The summed E-state index contributed by atoms with van der Waals surface area (Å²) in [5.74, 6) is 0.926. The van der Waals surface area contributed by atoms with E-state index in [4.69, 9.17) is 19.4 Å². The third-order valence-electron chi connectivity index (χ3n) is 6.76. The number of ether oxygens (including phenoxy) is 3. The molecule has 218 valence electrons. The van der Waals surface area contributed by atoms with E-state index in [-0.39, 0.29) is 37.6 Å². The molecule has 3 aromatic rings. The van der Waals surface area contributed by atoms with E-state index in [9.17, 15) is 14.7 Å². The van der Waals surface area contributed by atoms with Crippen LogP contribution in [0.25, 0.3) is 0 Å². The van der Waals surface area contributed by atoms with Gasteiger partial charge < -0.3 is 24.6 Å². The predicted molar refractivity (Wildman–Crippen MR) is 156 cm³/mol. The molecule has 1 aliphatic heterocycles. The van der Waals surface area contributed by atoms with Crippen LogP contribution in [-0.4, -0.2) is 41.1 Å². The number of rotatable bonds is 13. The first-order chi connectivity index (χ1) is 20.0. The Morgan fingerprint density at radius 2 is 1.61 bits per heavy atom. The van der Waals surface area contributed by atoms with Gasteiger partial charge in [0.1, 0.15) is 5.75 Å². The largest absolute Gasteiger partial charge is 0.496 e. The highest BCUT2D eigenvalue weighted by atomic mass is 32.2. The third-order valence-corrected chi connectivity index (χ3v) is 7.94. The summed E-state index contributed by atoms with van der Waals surface area (Å²) in [6.07, 6.45) is 1.27. The van der Waals surface area contributed by atoms with E-state index in [0.717, 1.165) is 27.3 Å². The van der Waals surface area contributed by atoms with Crippen LogP contribution in [0, 0.1) is 0 Å². The number of para-hydroxylation sites is 1. The van der Waals surface area contributed by atoms with E-state index >= 15 is 0 Å². The van der Waals surface area contributed by atoms with E-state index in [0.29, 0.717) is 30.7 Å². The summed E-state index contributed by atoms with van der Waals surface area (Å²) in [4.78, 5) is 24.4. The van der Waals surface area contributed by atoms with Gasteiger partial charge in [-0.15, -0.1) is 11.8 Å². The molecular formula is C31H36N2O7S. The Bertz CT molecular complexity index is 1270. The zero-order valence-electron chi connectivity index (χ0n) is 23.0. The number of thioether (sulfide) groups is 1. The third kappa shape index (κ3) is 9.04. The van der Waals surface area contributed by atoms with Crippen LogP contribution in [0.2, 0.25) is 0 Å². The SMILES string of the molecule is COc1ccccc1SC[C@H]1C[C@@H](c2ccc(CO)cc2)O[C@@H](c2ccc(NC(=O)CCCCC(=O)NO)cc2)O1. The molecule has 3 aromatic carbocycles. The minimum absolute atomic E-state index is 0.0144. The molecule has 0 bridgehead atoms. The van der Waals surface area contributed by atoms with Crippen LogP contribution >= 0.6 is 11.8 Å². The summed E-state index contributed by atoms with van der Waals surface area (Å²) in [7, 11) is 1.66. The number of carbonyl (C=O) groups excluding carboxylic acids is 2. The van der Waals surface area contributed by atoms with E-state index in [2.05, 4.69) is 5.32 Å². The lowest BCUT2D eigenvalue weighted by molar-refractivity contribution is -0.245. The molecule has 0 spiro atoms. The van der Waals surface area contributed by atoms with Gasteiger partial charge in [-0.2, -0.15) is 0 Å². The quantitative estimate of drug-likeness (QED) is 0.0900. The molecule has 0 aliphatic carbocycles. The molecule has 1 saturated heterocycles. The number of methoxy groups -OCH3 is 1. The molecule has 0 saturated carbocycles. The summed E-state index contributed by atoms with van der Waals surface area (Å²) in [6.45, 7) is -0.0144. The molecule has 0 radical (unpaired) electrons. The van der Waals surface area contributed by atoms with E-state index in [1.54, 1.807) is 24.4 Å². The molecule has 0 aromatic heterocycles. The first-order valence-corrected chi connectivity index (χ1v) is 14.6. The van der Waals surface area contributed by atoms with Crippen molar-refractivity contribution in [2.75, 3.05) is 18.2 Å². The second-order valence-corrected chi connectivity index (χ2v) is 10.8. The van der Waals surface area contributed by atoms with Crippen LogP contribution in [0.4, 0.5) is 5.69 Å². The predicted octanol–water partition coefficient (Wildman–Crippen LogP) is 5.53. The zero-order valence-corrected chi connectivity index (χ0v) is 23.8. The molecule has 9 nitrogen and oxygen atoms in total. The van der Waals surface area contributed by atoms with Crippen LogP contribution in [-0.2, 0) is 25.7 Å². The Hall–Kier alpha value is -3.41. The number of unbranched alkanes of at least 4 members (excludes halogenated alkanes) is 1. The summed E-state index contributed by atoms with van der Waals surface area (Å²) < 4.78 is 18.3. The van der Waals surface area contributed by atoms with Gasteiger partial charge in [-0.1, -0.05) is 48.5 Å². The molecule has 0 unspecified atom stereocenters. The number of amides is 2. The normalized spacial score (nSPS) is 18.5. The molecule has 2 amide bonds. The second-order valence-electron chi connectivity index (χ2n) is 9.72. The number of hydrogen-bond acceptors (Lipinski definition) is 8. The maximum atomic E-state index is 12.3. The van der Waals surface area contributed by atoms with Gasteiger partial charge in [-0.25, -0.2) is 5.48 Å². The number of hydroxylamine groups is 1. The fourth-order valence-corrected chi connectivity index (χ4v) is 5.57. The van der Waals surface area contributed by atoms with Crippen molar-refractivity contribution >= 4 is 29.3 Å². The highest BCUT2D eigenvalue weighted by molar-refractivity contribution is 7.99. The number of benzene rings is 3. The summed E-state index contributed by atoms with van der Waals surface area (Å²) in [5.41, 5.74) is 4.94. The lowest BCUT2D eigenvalue weighted by atomic mass is 10.0. The highest BCUT2D eigenvalue weighted by Gasteiger charge is 2.32. The Morgan fingerprint density at radius 3 is 2.29 bits per heavy atom. The molecule has 4 rings (SSSR count). The minimum Gasteiger partial charge on any atom is -0.496 e. The Balaban J connectivity index is 1.41. The molecule has 41 heavy (non-hydrogen) atoms. The van der Waals surface area contributed by atoms with Gasteiger partial charge in [0.05, 0.1) is 25.9 Å². The number of aliphatic hydroxyl groups excluding tert-OH is 1. The van der Waals surface area contributed by atoms with Crippen molar-refractivity contribution < 1.29 is 34.1 Å². The van der Waals surface area contributed by atoms with Crippen molar-refractivity contribution in [2.24, 2.45) is 0 Å². The summed E-state index contributed by atoms with van der Waals surface area (Å²) in [6, 6.07) is 23.1. The zero-order chi connectivity index (χ0) is 29.0. The molecule has 1 aliphatic rings. The Kier molecular flexibility index (Phi) is 11.6. The highest BCUT2D eigenvalue weighted by Crippen LogP contribution is 2.40. The number of aliphatic hydroxyl groups is 1. The van der Waals surface area contributed by atoms with Crippen molar-refractivity contribution in [3.05, 3.63) is 89.5 Å². The number of anilines is 1. The van der Waals surface area contributed by atoms with Crippen molar-refractivity contribution in [1.82, 2.24) is 5.48 Å². The monoisotopic (exact) mass is 580 g/mol. The summed E-state index contributed by atoms with van der Waals surface area (Å²) >= 11 is 1.68. The number of carbonyl (C=O) groups is 2. The van der Waals surface area contributed by atoms with E-state index in [1.807, 2.05) is 72.8 Å². The average Bonchev–Trinajstić information content (AvgIpc) is 3.02. The smallest absolute Gasteiger partial charge is 0.243 e. The van der Waals surface area contributed by atoms with Gasteiger partial charge in [-0.3, -0.25) is 14.8 Å². The number of hydrogen-bond donors (Lipinski definition) is 4. The van der Waals surface area contributed by atoms with Gasteiger partial charge in [-0.05, 0) is 48.2 Å². The Labute approximate surface area is 244 Å². The van der Waals surface area contributed by atoms with Crippen molar-refractivity contribution in [2.45, 2.75) is 62.1 Å². The number of nitrogens with one attached hydrogen (secondary N) is 2. The fraction of sp³-hybridized carbons (Fsp3) is 0.355. The minimum atomic E-state index is -0.600. The fourth-order valence-electron chi connectivity index (χ4n) is 4.52. The lowest BCUT2D eigenvalue weighted by Crippen LogP contribution is -2.31. The van der Waals surface area contributed by atoms with Gasteiger partial charge >= 0.3 is 0 Å². The standard InChI is InChI=1S/C31H36N2O7S/c1-38-26-6-2-3-7-28(26)41-20-25-18-27(22-12-10-21(19-34)11-13-22)40-31(39-25)23-14-16-24(17-15-23)32-29(35)8-4-5-9-30(36)33-37/h2-3,6-7,10-17,25,27,31,34,37H,4-5,8-9,18-20H2,1H3,(H,32,35)(H,33,36)/t25-,27+,31+/m1/s1. The maximum Gasteiger partial charge on any atom is 0.243 e. The van der Waals surface area contributed by atoms with Gasteiger partial charge in [0.25, 0.3) is 0 Å². The van der Waals surface area contributed by atoms with E-state index in [1.165, 1.54) is 0 Å². The van der Waals surface area contributed by atoms with Crippen LogP contribution in [0.1, 0.15) is 61.2 Å². The first kappa shape index (κ1) is 30.5. The summed E-state index contributed by atoms with van der Waals surface area (Å²) in [5, 5.41) is 20.9. The lowest BCUT2D eigenvalue weighted by Gasteiger charge is -2.36. The molecule has 1 fully saturated rings. The maximum absolute atomic E-state index is 12.3. The van der Waals surface area contributed by atoms with Crippen molar-refractivity contribution in [3.8, 4) is 5.75 Å². The van der Waals surface area contributed by atoms with Gasteiger partial charge in [0, 0.05) is 41.2 Å². The average molecular weight is 581 g/mol. The van der Waals surface area contributed by atoms with Crippen molar-refractivity contribution in [3.63, 3.8) is 0 Å². The van der Waals surface area contributed by atoms with Crippen LogP contribution in [0.15, 0.2) is 77.7 Å². The van der Waals surface area contributed by atoms with Gasteiger partial charge in [0.2, 0.25) is 11.8 Å². The van der Waals surface area contributed by atoms with E-state index < -0.39 is 12.2 Å². The topological polar surface area (TPSA) is 126 Å². The van der Waals surface area contributed by atoms with Crippen LogP contribution in [0.3, 0.4) is 0 Å². The van der Waals surface area contributed by atoms with Crippen molar-refractivity contribution in [1.29, 1.82) is 0 Å². The van der Waals surface area contributed by atoms with Crippen LogP contribution in [0.5, 0.6) is 5.75 Å². The van der Waals surface area contributed by atoms with Gasteiger partial charge in [0.15, 0.2) is 6.29 Å².